The summed E-state index contributed by atoms with van der Waals surface area (Å²) < 4.78 is 40.0. The zero-order valence-electron chi connectivity index (χ0n) is 14.2. The van der Waals surface area contributed by atoms with Gasteiger partial charge in [0.15, 0.2) is 0 Å². The van der Waals surface area contributed by atoms with E-state index in [0.717, 1.165) is 22.8 Å². The third-order valence-corrected chi connectivity index (χ3v) is 5.04. The number of piperidine rings is 1. The maximum Gasteiger partial charge on any atom is 0.404 e. The van der Waals surface area contributed by atoms with Gasteiger partial charge in [-0.15, -0.1) is 0 Å². The molecule has 1 aliphatic heterocycles. The first-order valence-electron chi connectivity index (χ1n) is 8.69. The van der Waals surface area contributed by atoms with Gasteiger partial charge in [0.1, 0.15) is 6.04 Å². The average molecular weight is 335 g/mol. The summed E-state index contributed by atoms with van der Waals surface area (Å²) in [6, 6.07) is 10.9. The minimum Gasteiger partial charge on any atom is -0.288 e. The van der Waals surface area contributed by atoms with E-state index in [1.807, 2.05) is 24.3 Å². The number of fused-ring (bicyclic) bond motifs is 1. The van der Waals surface area contributed by atoms with Crippen molar-refractivity contribution < 1.29 is 13.2 Å². The van der Waals surface area contributed by atoms with Gasteiger partial charge in [-0.3, -0.25) is 4.90 Å². The molecule has 0 bridgehead atoms. The van der Waals surface area contributed by atoms with Crippen molar-refractivity contribution in [2.45, 2.75) is 57.8 Å². The van der Waals surface area contributed by atoms with Gasteiger partial charge in [0.2, 0.25) is 0 Å². The summed E-state index contributed by atoms with van der Waals surface area (Å²) in [6.45, 7) is 5.17. The second kappa shape index (κ2) is 6.75. The van der Waals surface area contributed by atoms with E-state index in [9.17, 15) is 13.2 Å². The smallest absolute Gasteiger partial charge is 0.288 e. The molecule has 1 nitrogen and oxygen atoms in total. The van der Waals surface area contributed by atoms with Crippen LogP contribution in [0.3, 0.4) is 0 Å². The van der Waals surface area contributed by atoms with Crippen molar-refractivity contribution in [3.8, 4) is 0 Å². The summed E-state index contributed by atoms with van der Waals surface area (Å²) in [4.78, 5) is 1.61. The lowest BCUT2D eigenvalue weighted by atomic mass is 9.92. The highest BCUT2D eigenvalue weighted by Crippen LogP contribution is 2.34. The first-order valence-corrected chi connectivity index (χ1v) is 8.69. The molecule has 4 heteroatoms. The van der Waals surface area contributed by atoms with Gasteiger partial charge < -0.3 is 0 Å². The molecule has 1 aliphatic rings. The highest BCUT2D eigenvalue weighted by molar-refractivity contribution is 5.89. The maximum atomic E-state index is 13.3. The predicted octanol–water partition coefficient (Wildman–Crippen LogP) is 5.88. The summed E-state index contributed by atoms with van der Waals surface area (Å²) in [5, 5.41) is 2.24. The molecule has 0 aromatic heterocycles. The predicted molar refractivity (Wildman–Crippen MR) is 92.1 cm³/mol. The Labute approximate surface area is 141 Å². The highest BCUT2D eigenvalue weighted by Gasteiger charge is 2.44. The van der Waals surface area contributed by atoms with Crippen molar-refractivity contribution in [3.63, 3.8) is 0 Å². The van der Waals surface area contributed by atoms with Crippen LogP contribution in [0, 0.1) is 0 Å². The van der Waals surface area contributed by atoms with Crippen molar-refractivity contribution >= 4 is 10.8 Å². The number of halogens is 3. The van der Waals surface area contributed by atoms with Crippen LogP contribution in [-0.4, -0.2) is 23.7 Å². The molecule has 0 aliphatic carbocycles. The number of rotatable bonds is 3. The Hall–Kier alpha value is -1.55. The fourth-order valence-corrected chi connectivity index (χ4v) is 3.80. The van der Waals surface area contributed by atoms with Gasteiger partial charge in [-0.2, -0.15) is 13.2 Å². The van der Waals surface area contributed by atoms with E-state index in [1.54, 1.807) is 4.90 Å². The lowest BCUT2D eigenvalue weighted by Gasteiger charge is -2.37. The van der Waals surface area contributed by atoms with Crippen molar-refractivity contribution in [1.29, 1.82) is 0 Å². The maximum absolute atomic E-state index is 13.3. The summed E-state index contributed by atoms with van der Waals surface area (Å²) in [7, 11) is 0. The van der Waals surface area contributed by atoms with Crippen LogP contribution in [0.2, 0.25) is 0 Å². The van der Waals surface area contributed by atoms with E-state index in [2.05, 4.69) is 26.0 Å². The second-order valence-corrected chi connectivity index (χ2v) is 7.04. The number of nitrogens with zero attached hydrogens (tertiary/aromatic N) is 1. The van der Waals surface area contributed by atoms with E-state index >= 15 is 0 Å². The molecule has 1 unspecified atom stereocenters. The van der Waals surface area contributed by atoms with Crippen molar-refractivity contribution in [2.75, 3.05) is 6.54 Å². The molecule has 1 fully saturated rings. The van der Waals surface area contributed by atoms with Crippen LogP contribution < -0.4 is 0 Å². The molecule has 0 spiro atoms. The van der Waals surface area contributed by atoms with Gasteiger partial charge in [0, 0.05) is 6.54 Å². The Morgan fingerprint density at radius 1 is 1.04 bits per heavy atom. The molecule has 1 atom stereocenters. The number of benzene rings is 2. The molecule has 24 heavy (non-hydrogen) atoms. The summed E-state index contributed by atoms with van der Waals surface area (Å²) in [5.74, 6) is 0.391. The normalized spacial score (nSPS) is 20.0. The molecule has 0 N–H and O–H groups in total. The molecular formula is C20H24F3N. The molecule has 3 rings (SSSR count). The monoisotopic (exact) mass is 335 g/mol. The van der Waals surface area contributed by atoms with Crippen molar-refractivity contribution in [2.24, 2.45) is 0 Å². The van der Waals surface area contributed by atoms with Crippen molar-refractivity contribution in [1.82, 2.24) is 4.90 Å². The van der Waals surface area contributed by atoms with E-state index in [-0.39, 0.29) is 6.42 Å². The SMILES string of the molecule is CC(C)c1ccc(CN2CCCCC2C(F)(F)F)c2ccccc12. The molecular weight excluding hydrogens is 311 g/mol. The van der Waals surface area contributed by atoms with Crippen LogP contribution in [-0.2, 0) is 6.54 Å². The van der Waals surface area contributed by atoms with Crippen LogP contribution in [0.25, 0.3) is 10.8 Å². The zero-order chi connectivity index (χ0) is 17.3. The molecule has 1 heterocycles. The van der Waals surface area contributed by atoms with Crippen LogP contribution in [0.15, 0.2) is 36.4 Å². The Morgan fingerprint density at radius 3 is 2.42 bits per heavy atom. The number of hydrogen-bond acceptors (Lipinski definition) is 1. The Kier molecular flexibility index (Phi) is 4.86. The average Bonchev–Trinajstić information content (AvgIpc) is 2.54. The van der Waals surface area contributed by atoms with Gasteiger partial charge in [-0.05, 0) is 47.2 Å². The Morgan fingerprint density at radius 2 is 1.75 bits per heavy atom. The van der Waals surface area contributed by atoms with E-state index in [4.69, 9.17) is 0 Å². The lowest BCUT2D eigenvalue weighted by molar-refractivity contribution is -0.192. The van der Waals surface area contributed by atoms with Gasteiger partial charge >= 0.3 is 6.18 Å². The number of likely N-dealkylation sites (tertiary alicyclic amines) is 1. The molecule has 130 valence electrons. The van der Waals surface area contributed by atoms with Gasteiger partial charge in [0.25, 0.3) is 0 Å². The molecule has 2 aromatic rings. The van der Waals surface area contributed by atoms with Crippen LogP contribution in [0.4, 0.5) is 13.2 Å². The fraction of sp³-hybridized carbons (Fsp3) is 0.500. The Bertz CT molecular complexity index is 706. The van der Waals surface area contributed by atoms with E-state index in [0.29, 0.717) is 25.4 Å². The summed E-state index contributed by atoms with van der Waals surface area (Å²) >= 11 is 0. The topological polar surface area (TPSA) is 3.24 Å². The highest BCUT2D eigenvalue weighted by atomic mass is 19.4. The number of alkyl halides is 3. The third kappa shape index (κ3) is 3.44. The fourth-order valence-electron chi connectivity index (χ4n) is 3.80. The molecule has 1 saturated heterocycles. The van der Waals surface area contributed by atoms with Crippen LogP contribution in [0.1, 0.15) is 50.2 Å². The molecule has 0 saturated carbocycles. The minimum atomic E-state index is -4.14. The van der Waals surface area contributed by atoms with Crippen LogP contribution >= 0.6 is 0 Å². The van der Waals surface area contributed by atoms with Crippen LogP contribution in [0.5, 0.6) is 0 Å². The summed E-state index contributed by atoms with van der Waals surface area (Å²) in [5.41, 5.74) is 2.24. The van der Waals surface area contributed by atoms with Gasteiger partial charge in [0.05, 0.1) is 0 Å². The molecule has 0 radical (unpaired) electrons. The zero-order valence-corrected chi connectivity index (χ0v) is 14.2. The van der Waals surface area contributed by atoms with Gasteiger partial charge in [-0.25, -0.2) is 0 Å². The third-order valence-electron chi connectivity index (χ3n) is 5.04. The van der Waals surface area contributed by atoms with Crippen molar-refractivity contribution in [3.05, 3.63) is 47.5 Å². The standard InChI is InChI=1S/C20H24F3N/c1-14(2)16-11-10-15(17-7-3-4-8-18(16)17)13-24-12-6-5-9-19(24)20(21,22)23/h3-4,7-8,10-11,14,19H,5-6,9,12-13H2,1-2H3. The molecule has 2 aromatic carbocycles. The van der Waals surface area contributed by atoms with E-state index in [1.165, 1.54) is 5.56 Å². The minimum absolute atomic E-state index is 0.214. The number of hydrogen-bond donors (Lipinski definition) is 0. The first-order chi connectivity index (χ1) is 11.4. The largest absolute Gasteiger partial charge is 0.404 e. The first kappa shape index (κ1) is 17.3. The van der Waals surface area contributed by atoms with Gasteiger partial charge in [-0.1, -0.05) is 56.7 Å². The van der Waals surface area contributed by atoms with E-state index < -0.39 is 12.2 Å². The lowest BCUT2D eigenvalue weighted by Crippen LogP contribution is -2.48. The Balaban J connectivity index is 1.96. The quantitative estimate of drug-likeness (QED) is 0.677. The summed E-state index contributed by atoms with van der Waals surface area (Å²) in [6.07, 6.45) is -2.43. The molecule has 0 amide bonds. The second-order valence-electron chi connectivity index (χ2n) is 7.04.